The van der Waals surface area contributed by atoms with Gasteiger partial charge in [0, 0.05) is 24.8 Å². The number of carbonyl (C=O) groups is 2. The molecule has 7 N–H and O–H groups in total. The van der Waals surface area contributed by atoms with E-state index in [0.29, 0.717) is 10.9 Å². The van der Waals surface area contributed by atoms with Gasteiger partial charge in [0.1, 0.15) is 29.5 Å². The first kappa shape index (κ1) is 24.8. The first-order valence-corrected chi connectivity index (χ1v) is 9.97. The Morgan fingerprint density at radius 2 is 1.91 bits per heavy atom. The minimum Gasteiger partial charge on any atom is -0.477 e. The molecule has 1 aromatic carbocycles. The lowest BCUT2D eigenvalue weighted by atomic mass is 9.74. The number of carbonyl (C=O) groups excluding carboxylic acids is 1. The lowest BCUT2D eigenvalue weighted by molar-refractivity contribution is -0.315. The summed E-state index contributed by atoms with van der Waals surface area (Å²) in [6.07, 6.45) is -6.76. The molecular formula is C21H25NO11. The Kier molecular flexibility index (Phi) is 6.62. The lowest BCUT2D eigenvalue weighted by Crippen LogP contribution is -2.71. The number of rotatable bonds is 6. The smallest absolute Gasteiger partial charge is 0.364 e. The van der Waals surface area contributed by atoms with Gasteiger partial charge in [-0.15, -0.1) is 0 Å². The molecule has 1 amide bonds. The van der Waals surface area contributed by atoms with Crippen molar-refractivity contribution in [1.82, 2.24) is 5.32 Å². The number of ether oxygens (including phenoxy) is 1. The van der Waals surface area contributed by atoms with Gasteiger partial charge in [0.2, 0.25) is 5.91 Å². The second-order valence-electron chi connectivity index (χ2n) is 8.15. The molecule has 0 unspecified atom stereocenters. The summed E-state index contributed by atoms with van der Waals surface area (Å²) in [4.78, 5) is 35.5. The average Bonchev–Trinajstić information content (AvgIpc) is 2.73. The molecule has 1 aliphatic heterocycles. The molecule has 0 bridgehead atoms. The van der Waals surface area contributed by atoms with Gasteiger partial charge in [-0.05, 0) is 24.1 Å². The van der Waals surface area contributed by atoms with Crippen molar-refractivity contribution >= 4 is 22.8 Å². The number of nitrogens with one attached hydrogen (secondary N) is 1. The number of aliphatic hydroxyl groups excluding tert-OH is 3. The molecular weight excluding hydrogens is 442 g/mol. The minimum absolute atomic E-state index is 0.0466. The van der Waals surface area contributed by atoms with Crippen molar-refractivity contribution < 1.29 is 49.4 Å². The maximum absolute atomic E-state index is 11.9. The summed E-state index contributed by atoms with van der Waals surface area (Å²) in [5, 5.41) is 64.5. The molecule has 0 aliphatic carbocycles. The SMILES string of the molecule is CC(=O)N[C@H]1[C@H]([C@H](O)[C@H](O)CO)O[C@@](O)(C(=O)O)C[C@@]1(O)c1ccc2c(C)cc(=O)oc2c1. The predicted octanol–water partition coefficient (Wildman–Crippen LogP) is -1.93. The second-order valence-corrected chi connectivity index (χ2v) is 8.15. The van der Waals surface area contributed by atoms with Crippen molar-refractivity contribution in [2.45, 2.75) is 56.0 Å². The van der Waals surface area contributed by atoms with Gasteiger partial charge in [-0.3, -0.25) is 4.79 Å². The third kappa shape index (κ3) is 4.49. The van der Waals surface area contributed by atoms with Crippen LogP contribution in [0.4, 0.5) is 0 Å². The van der Waals surface area contributed by atoms with Crippen molar-refractivity contribution in [3.05, 3.63) is 45.8 Å². The van der Waals surface area contributed by atoms with E-state index < -0.39 is 66.3 Å². The highest BCUT2D eigenvalue weighted by atomic mass is 16.7. The van der Waals surface area contributed by atoms with E-state index in [-0.39, 0.29) is 11.1 Å². The van der Waals surface area contributed by atoms with Crippen molar-refractivity contribution in [1.29, 1.82) is 0 Å². The summed E-state index contributed by atoms with van der Waals surface area (Å²) in [5.41, 5.74) is -2.51. The number of hydrogen-bond donors (Lipinski definition) is 7. The van der Waals surface area contributed by atoms with Crippen LogP contribution < -0.4 is 10.9 Å². The van der Waals surface area contributed by atoms with Crippen LogP contribution >= 0.6 is 0 Å². The highest BCUT2D eigenvalue weighted by Gasteiger charge is 2.61. The van der Waals surface area contributed by atoms with Gasteiger partial charge in [-0.25, -0.2) is 9.59 Å². The minimum atomic E-state index is -3.05. The number of benzene rings is 1. The van der Waals surface area contributed by atoms with Crippen molar-refractivity contribution in [2.75, 3.05) is 6.61 Å². The topological polar surface area (TPSA) is 207 Å². The van der Waals surface area contributed by atoms with Gasteiger partial charge in [0.15, 0.2) is 0 Å². The lowest BCUT2D eigenvalue weighted by Gasteiger charge is -2.51. The molecule has 3 rings (SSSR count). The molecule has 0 spiro atoms. The molecule has 1 aliphatic rings. The van der Waals surface area contributed by atoms with Gasteiger partial charge >= 0.3 is 11.6 Å². The Hall–Kier alpha value is -2.87. The summed E-state index contributed by atoms with van der Waals surface area (Å²) in [6.45, 7) is 1.79. The van der Waals surface area contributed by atoms with Gasteiger partial charge in [-0.1, -0.05) is 12.1 Å². The fourth-order valence-electron chi connectivity index (χ4n) is 4.10. The molecule has 2 aromatic rings. The summed E-state index contributed by atoms with van der Waals surface area (Å²) in [6, 6.07) is 3.79. The van der Waals surface area contributed by atoms with Crippen LogP contribution in [0.2, 0.25) is 0 Å². The van der Waals surface area contributed by atoms with E-state index in [9.17, 15) is 45.0 Å². The second kappa shape index (κ2) is 8.82. The number of carboxylic acid groups (broad SMARTS) is 1. The van der Waals surface area contributed by atoms with Gasteiger partial charge < -0.3 is 45.1 Å². The van der Waals surface area contributed by atoms with Crippen LogP contribution in [0.1, 0.15) is 24.5 Å². The average molecular weight is 467 g/mol. The number of aryl methyl sites for hydroxylation is 1. The number of aliphatic carboxylic acids is 1. The summed E-state index contributed by atoms with van der Waals surface area (Å²) in [5.74, 6) is -5.66. The maximum Gasteiger partial charge on any atom is 0.364 e. The highest BCUT2D eigenvalue weighted by Crippen LogP contribution is 2.43. The molecule has 0 saturated carbocycles. The maximum atomic E-state index is 11.9. The third-order valence-corrected chi connectivity index (χ3v) is 5.75. The van der Waals surface area contributed by atoms with Gasteiger partial charge in [0.25, 0.3) is 5.79 Å². The number of carboxylic acids is 1. The van der Waals surface area contributed by atoms with Crippen LogP contribution in [-0.2, 0) is 19.9 Å². The molecule has 1 fully saturated rings. The van der Waals surface area contributed by atoms with Crippen LogP contribution in [0, 0.1) is 6.92 Å². The molecule has 1 saturated heterocycles. The van der Waals surface area contributed by atoms with Crippen LogP contribution in [0.3, 0.4) is 0 Å². The van der Waals surface area contributed by atoms with Crippen LogP contribution in [0.5, 0.6) is 0 Å². The normalized spacial score (nSPS) is 29.4. The molecule has 33 heavy (non-hydrogen) atoms. The fourth-order valence-corrected chi connectivity index (χ4v) is 4.10. The monoisotopic (exact) mass is 467 g/mol. The number of aliphatic hydroxyl groups is 5. The Morgan fingerprint density at radius 1 is 1.24 bits per heavy atom. The Bertz CT molecular complexity index is 1130. The van der Waals surface area contributed by atoms with Crippen LogP contribution in [0.15, 0.2) is 33.5 Å². The van der Waals surface area contributed by atoms with Gasteiger partial charge in [0.05, 0.1) is 12.6 Å². The molecule has 12 heteroatoms. The zero-order valence-corrected chi connectivity index (χ0v) is 17.8. The van der Waals surface area contributed by atoms with E-state index in [2.05, 4.69) is 5.32 Å². The molecule has 1 aromatic heterocycles. The third-order valence-electron chi connectivity index (χ3n) is 5.75. The van der Waals surface area contributed by atoms with E-state index in [1.807, 2.05) is 0 Å². The zero-order chi connectivity index (χ0) is 24.7. The van der Waals surface area contributed by atoms with E-state index in [4.69, 9.17) is 9.15 Å². The summed E-state index contributed by atoms with van der Waals surface area (Å²) >= 11 is 0. The van der Waals surface area contributed by atoms with Crippen molar-refractivity contribution in [3.8, 4) is 0 Å². The van der Waals surface area contributed by atoms with Crippen molar-refractivity contribution in [3.63, 3.8) is 0 Å². The first-order valence-electron chi connectivity index (χ1n) is 9.97. The van der Waals surface area contributed by atoms with E-state index in [1.165, 1.54) is 24.3 Å². The first-order chi connectivity index (χ1) is 15.3. The quantitative estimate of drug-likeness (QED) is 0.233. The number of fused-ring (bicyclic) bond motifs is 1. The highest BCUT2D eigenvalue weighted by molar-refractivity contribution is 5.81. The molecule has 6 atom stereocenters. The predicted molar refractivity (Wildman–Crippen MR) is 110 cm³/mol. The standard InChI is InChI=1S/C21H25NO11/c1-9-5-15(26)32-14-6-11(3-4-12(9)14)20(30)8-21(31,19(28)29)33-17(16(27)13(25)7-23)18(20)22-10(2)24/h3-6,13,16-18,23,25,27,30-31H,7-8H2,1-2H3,(H,22,24)(H,28,29)/t13-,16-,17+,18+,20-,21-/m1/s1. The number of amides is 1. The fraction of sp³-hybridized carbons (Fsp3) is 0.476. The summed E-state index contributed by atoms with van der Waals surface area (Å²) < 4.78 is 10.3. The van der Waals surface area contributed by atoms with Crippen molar-refractivity contribution in [2.24, 2.45) is 0 Å². The zero-order valence-electron chi connectivity index (χ0n) is 17.8. The largest absolute Gasteiger partial charge is 0.477 e. The van der Waals surface area contributed by atoms with E-state index in [1.54, 1.807) is 6.92 Å². The van der Waals surface area contributed by atoms with E-state index in [0.717, 1.165) is 6.92 Å². The Labute approximate surface area is 186 Å². The molecule has 2 heterocycles. The van der Waals surface area contributed by atoms with Crippen LogP contribution in [0.25, 0.3) is 11.0 Å². The Morgan fingerprint density at radius 3 is 2.48 bits per heavy atom. The summed E-state index contributed by atoms with van der Waals surface area (Å²) in [7, 11) is 0. The molecule has 180 valence electrons. The van der Waals surface area contributed by atoms with E-state index >= 15 is 0 Å². The number of hydrogen-bond acceptors (Lipinski definition) is 10. The Balaban J connectivity index is 2.25. The molecule has 12 nitrogen and oxygen atoms in total. The van der Waals surface area contributed by atoms with Crippen LogP contribution in [-0.4, -0.2) is 79.3 Å². The van der Waals surface area contributed by atoms with Gasteiger partial charge in [-0.2, -0.15) is 0 Å². The molecule has 0 radical (unpaired) electrons.